The molecular weight excluding hydrogens is 239 g/mol. The number of nitrogens with zero attached hydrogens (tertiary/aromatic N) is 1. The van der Waals surface area contributed by atoms with Crippen LogP contribution in [0.5, 0.6) is 0 Å². The Morgan fingerprint density at radius 3 is 2.30 bits per heavy atom. The van der Waals surface area contributed by atoms with Crippen LogP contribution in [0.25, 0.3) is 0 Å². The maximum absolute atomic E-state index is 3.17. The molecular formula is C7H13IN2. The van der Waals surface area contributed by atoms with E-state index >= 15 is 0 Å². The highest BCUT2D eigenvalue weighted by molar-refractivity contribution is 4.83. The summed E-state index contributed by atoms with van der Waals surface area (Å²) in [4.78, 5) is 3.17. The van der Waals surface area contributed by atoms with Crippen LogP contribution in [0, 0.1) is 0 Å². The van der Waals surface area contributed by atoms with E-state index in [0.29, 0.717) is 5.92 Å². The second-order valence-corrected chi connectivity index (χ2v) is 2.61. The molecule has 0 spiro atoms. The molecule has 0 atom stereocenters. The smallest absolute Gasteiger partial charge is 0.256 e. The second kappa shape index (κ2) is 3.95. The minimum Gasteiger partial charge on any atom is -1.00 e. The highest BCUT2D eigenvalue weighted by atomic mass is 127. The first-order chi connectivity index (χ1) is 4.22. The third-order valence-electron chi connectivity index (χ3n) is 1.46. The Balaban J connectivity index is 0.000000810. The van der Waals surface area contributed by atoms with Gasteiger partial charge in [-0.25, -0.2) is 9.55 Å². The third kappa shape index (κ3) is 1.97. The van der Waals surface area contributed by atoms with Crippen LogP contribution in [0.4, 0.5) is 0 Å². The number of halogens is 1. The van der Waals surface area contributed by atoms with Gasteiger partial charge in [0.2, 0.25) is 0 Å². The van der Waals surface area contributed by atoms with Crippen LogP contribution in [0.2, 0.25) is 0 Å². The number of H-pyrrole nitrogens is 1. The van der Waals surface area contributed by atoms with Gasteiger partial charge in [0.15, 0.2) is 0 Å². The third-order valence-corrected chi connectivity index (χ3v) is 1.46. The Labute approximate surface area is 78.7 Å². The molecule has 0 saturated carbocycles. The first-order valence-corrected chi connectivity index (χ1v) is 3.24. The number of rotatable bonds is 1. The van der Waals surface area contributed by atoms with Gasteiger partial charge in [-0.2, -0.15) is 0 Å². The van der Waals surface area contributed by atoms with Crippen molar-refractivity contribution in [1.29, 1.82) is 0 Å². The lowest BCUT2D eigenvalue weighted by Crippen LogP contribution is -3.00. The van der Waals surface area contributed by atoms with Crippen LogP contribution in [-0.4, -0.2) is 4.98 Å². The molecule has 1 aromatic heterocycles. The fraction of sp³-hybridized carbons (Fsp3) is 0.571. The number of nitrogens with one attached hydrogen (secondary N) is 1. The van der Waals surface area contributed by atoms with Gasteiger partial charge in [0.1, 0.15) is 12.4 Å². The molecule has 0 saturated heterocycles. The molecule has 0 aliphatic carbocycles. The predicted octanol–water partition coefficient (Wildman–Crippen LogP) is -2.03. The Morgan fingerprint density at radius 2 is 2.10 bits per heavy atom. The topological polar surface area (TPSA) is 19.7 Å². The number of aromatic nitrogens is 2. The molecule has 0 amide bonds. The van der Waals surface area contributed by atoms with E-state index in [0.717, 1.165) is 0 Å². The zero-order valence-electron chi connectivity index (χ0n) is 6.56. The van der Waals surface area contributed by atoms with E-state index in [1.54, 1.807) is 0 Å². The molecule has 0 radical (unpaired) electrons. The molecule has 0 aromatic carbocycles. The zero-order chi connectivity index (χ0) is 6.85. The van der Waals surface area contributed by atoms with Gasteiger partial charge in [0.05, 0.1) is 13.0 Å². The summed E-state index contributed by atoms with van der Waals surface area (Å²) in [6.45, 7) is 4.34. The number of imidazole rings is 1. The molecule has 1 rings (SSSR count). The van der Waals surface area contributed by atoms with Crippen LogP contribution in [0.15, 0.2) is 12.4 Å². The van der Waals surface area contributed by atoms with Gasteiger partial charge >= 0.3 is 0 Å². The summed E-state index contributed by atoms with van der Waals surface area (Å²) >= 11 is 0. The van der Waals surface area contributed by atoms with Crippen molar-refractivity contribution in [2.24, 2.45) is 7.05 Å². The van der Waals surface area contributed by atoms with E-state index in [1.165, 1.54) is 5.82 Å². The van der Waals surface area contributed by atoms with Gasteiger partial charge < -0.3 is 24.0 Å². The molecule has 10 heavy (non-hydrogen) atoms. The van der Waals surface area contributed by atoms with Crippen LogP contribution in [0.1, 0.15) is 25.6 Å². The van der Waals surface area contributed by atoms with Gasteiger partial charge in [-0.3, -0.25) is 0 Å². The number of hydrogen-bond donors (Lipinski definition) is 1. The number of aryl methyl sites for hydroxylation is 1. The fourth-order valence-electron chi connectivity index (χ4n) is 0.991. The highest BCUT2D eigenvalue weighted by Gasteiger charge is 2.09. The lowest BCUT2D eigenvalue weighted by atomic mass is 10.2. The van der Waals surface area contributed by atoms with Crippen molar-refractivity contribution in [2.45, 2.75) is 19.8 Å². The van der Waals surface area contributed by atoms with Crippen molar-refractivity contribution in [3.63, 3.8) is 0 Å². The maximum Gasteiger partial charge on any atom is 0.256 e. The van der Waals surface area contributed by atoms with Crippen LogP contribution in [-0.2, 0) is 7.05 Å². The molecule has 0 fully saturated rings. The average Bonchev–Trinajstić information content (AvgIpc) is 2.13. The highest BCUT2D eigenvalue weighted by Crippen LogP contribution is 2.03. The number of hydrogen-bond acceptors (Lipinski definition) is 0. The second-order valence-electron chi connectivity index (χ2n) is 2.61. The quantitative estimate of drug-likeness (QED) is 0.439. The van der Waals surface area contributed by atoms with Crippen molar-refractivity contribution >= 4 is 0 Å². The minimum absolute atomic E-state index is 0. The standard InChI is InChI=1S/C7H12N2.HI/c1-6(2)7-8-4-5-9(7)3;/h4-6H,1-3H3;1H. The van der Waals surface area contributed by atoms with Crippen molar-refractivity contribution in [3.8, 4) is 0 Å². The van der Waals surface area contributed by atoms with Gasteiger partial charge in [-0.05, 0) is 0 Å². The van der Waals surface area contributed by atoms with Gasteiger partial charge in [-0.15, -0.1) is 0 Å². The summed E-state index contributed by atoms with van der Waals surface area (Å²) in [5.74, 6) is 1.86. The monoisotopic (exact) mass is 252 g/mol. The summed E-state index contributed by atoms with van der Waals surface area (Å²) in [5, 5.41) is 0. The molecule has 1 aromatic rings. The minimum atomic E-state index is 0. The Kier molecular flexibility index (Phi) is 3.93. The Morgan fingerprint density at radius 1 is 1.50 bits per heavy atom. The van der Waals surface area contributed by atoms with Crippen LogP contribution in [0.3, 0.4) is 0 Å². The summed E-state index contributed by atoms with van der Waals surface area (Å²) in [5.41, 5.74) is 0. The van der Waals surface area contributed by atoms with E-state index in [4.69, 9.17) is 0 Å². The number of aromatic amines is 1. The van der Waals surface area contributed by atoms with E-state index in [-0.39, 0.29) is 24.0 Å². The fourth-order valence-corrected chi connectivity index (χ4v) is 0.991. The van der Waals surface area contributed by atoms with Gasteiger partial charge in [0.25, 0.3) is 5.82 Å². The molecule has 1 heterocycles. The summed E-state index contributed by atoms with van der Waals surface area (Å²) in [6.07, 6.45) is 3.98. The summed E-state index contributed by atoms with van der Waals surface area (Å²) < 4.78 is 2.10. The first-order valence-electron chi connectivity index (χ1n) is 3.24. The van der Waals surface area contributed by atoms with Crippen molar-refractivity contribution in [3.05, 3.63) is 18.2 Å². The first kappa shape index (κ1) is 9.94. The van der Waals surface area contributed by atoms with E-state index in [2.05, 4.69) is 23.4 Å². The molecule has 0 unspecified atom stereocenters. The largest absolute Gasteiger partial charge is 1.00 e. The SMILES string of the molecule is CC(C)c1[nH]cc[n+]1C.[I-]. The molecule has 58 valence electrons. The van der Waals surface area contributed by atoms with Crippen LogP contribution < -0.4 is 28.5 Å². The molecule has 0 aliphatic rings. The summed E-state index contributed by atoms with van der Waals surface area (Å²) in [7, 11) is 2.05. The summed E-state index contributed by atoms with van der Waals surface area (Å²) in [6, 6.07) is 0. The van der Waals surface area contributed by atoms with E-state index in [9.17, 15) is 0 Å². The Hall–Kier alpha value is -0.0600. The molecule has 2 nitrogen and oxygen atoms in total. The normalized spacial score (nSPS) is 9.60. The van der Waals surface area contributed by atoms with Crippen molar-refractivity contribution in [2.75, 3.05) is 0 Å². The van der Waals surface area contributed by atoms with E-state index < -0.39 is 0 Å². The lowest BCUT2D eigenvalue weighted by Gasteiger charge is -1.95. The lowest BCUT2D eigenvalue weighted by molar-refractivity contribution is -0.678. The van der Waals surface area contributed by atoms with Crippen molar-refractivity contribution < 1.29 is 28.5 Å². The van der Waals surface area contributed by atoms with Crippen LogP contribution >= 0.6 is 0 Å². The molecule has 0 aliphatic heterocycles. The Bertz CT molecular complexity index is 193. The average molecular weight is 252 g/mol. The molecule has 1 N–H and O–H groups in total. The van der Waals surface area contributed by atoms with Gasteiger partial charge in [-0.1, -0.05) is 13.8 Å². The van der Waals surface area contributed by atoms with E-state index in [1.807, 2.05) is 19.4 Å². The van der Waals surface area contributed by atoms with Crippen molar-refractivity contribution in [1.82, 2.24) is 4.98 Å². The zero-order valence-corrected chi connectivity index (χ0v) is 8.71. The predicted molar refractivity (Wildman–Crippen MR) is 36.1 cm³/mol. The molecule has 3 heteroatoms. The maximum atomic E-state index is 3.17. The van der Waals surface area contributed by atoms with Gasteiger partial charge in [0, 0.05) is 0 Å². The molecule has 0 bridgehead atoms.